The molecule has 0 aliphatic carbocycles. The van der Waals surface area contributed by atoms with E-state index >= 15 is 0 Å². The van der Waals surface area contributed by atoms with E-state index in [1.165, 1.54) is 12.8 Å². The summed E-state index contributed by atoms with van der Waals surface area (Å²) in [4.78, 5) is 6.97. The molecule has 1 saturated heterocycles. The van der Waals surface area contributed by atoms with Crippen molar-refractivity contribution in [3.8, 4) is 0 Å². The average Bonchev–Trinajstić information content (AvgIpc) is 2.49. The smallest absolute Gasteiger partial charge is 0.134 e. The van der Waals surface area contributed by atoms with Crippen molar-refractivity contribution < 1.29 is 0 Å². The molecule has 1 aromatic heterocycles. The van der Waals surface area contributed by atoms with Gasteiger partial charge in [-0.3, -0.25) is 4.90 Å². The maximum atomic E-state index is 6.37. The minimum absolute atomic E-state index is 0.455. The van der Waals surface area contributed by atoms with Crippen LogP contribution < -0.4 is 5.73 Å². The molecule has 1 fully saturated rings. The number of aromatic nitrogens is 1. The molecule has 1 aliphatic heterocycles. The quantitative estimate of drug-likeness (QED) is 0.883. The molecule has 0 radical (unpaired) electrons. The summed E-state index contributed by atoms with van der Waals surface area (Å²) in [5, 5.41) is 1.76. The van der Waals surface area contributed by atoms with E-state index in [0.29, 0.717) is 17.7 Å². The number of hydrogen-bond donors (Lipinski definition) is 1. The van der Waals surface area contributed by atoms with Crippen molar-refractivity contribution in [2.75, 3.05) is 13.1 Å². The number of halogens is 1. The number of piperidine rings is 1. The summed E-state index contributed by atoms with van der Waals surface area (Å²) in [6.45, 7) is 4.95. The molecule has 112 valence electrons. The fraction of sp³-hybridized carbons (Fsp3) is 0.471. The molecule has 2 N–H and O–H groups in total. The predicted molar refractivity (Wildman–Crippen MR) is 88.4 cm³/mol. The monoisotopic (exact) mass is 303 g/mol. The van der Waals surface area contributed by atoms with Gasteiger partial charge < -0.3 is 5.73 Å². The molecule has 0 amide bonds. The highest BCUT2D eigenvalue weighted by molar-refractivity contribution is 6.30. The van der Waals surface area contributed by atoms with E-state index in [9.17, 15) is 0 Å². The zero-order valence-electron chi connectivity index (χ0n) is 12.4. The van der Waals surface area contributed by atoms with Gasteiger partial charge in [0.2, 0.25) is 0 Å². The summed E-state index contributed by atoms with van der Waals surface area (Å²) >= 11 is 6.37. The molecule has 21 heavy (non-hydrogen) atoms. The molecule has 2 atom stereocenters. The Morgan fingerprint density at radius 2 is 2.19 bits per heavy atom. The van der Waals surface area contributed by atoms with E-state index in [1.54, 1.807) is 0 Å². The first kappa shape index (κ1) is 14.8. The number of benzene rings is 1. The van der Waals surface area contributed by atoms with Gasteiger partial charge in [-0.05, 0) is 37.4 Å². The van der Waals surface area contributed by atoms with Crippen molar-refractivity contribution in [3.05, 3.63) is 41.0 Å². The van der Waals surface area contributed by atoms with Gasteiger partial charge in [-0.25, -0.2) is 4.98 Å². The molecule has 3 nitrogen and oxygen atoms in total. The van der Waals surface area contributed by atoms with E-state index in [-0.39, 0.29) is 0 Å². The lowest BCUT2D eigenvalue weighted by Crippen LogP contribution is -2.45. The summed E-state index contributed by atoms with van der Waals surface area (Å²) in [6, 6.07) is 10.7. The van der Waals surface area contributed by atoms with Crippen LogP contribution in [0.25, 0.3) is 10.9 Å². The maximum absolute atomic E-state index is 6.37. The molecule has 1 aromatic carbocycles. The minimum Gasteiger partial charge on any atom is -0.329 e. The summed E-state index contributed by atoms with van der Waals surface area (Å²) in [7, 11) is 0. The first-order valence-electron chi connectivity index (χ1n) is 7.65. The molecule has 0 saturated carbocycles. The number of para-hydroxylation sites is 1. The van der Waals surface area contributed by atoms with E-state index < -0.39 is 0 Å². The summed E-state index contributed by atoms with van der Waals surface area (Å²) in [6.07, 6.45) is 2.41. The fourth-order valence-corrected chi connectivity index (χ4v) is 3.42. The molecule has 0 bridgehead atoms. The summed E-state index contributed by atoms with van der Waals surface area (Å²) in [5.74, 6) is 0.764. The Labute approximate surface area is 131 Å². The molecule has 0 spiro atoms. The van der Waals surface area contributed by atoms with Crippen molar-refractivity contribution in [2.24, 2.45) is 11.7 Å². The Bertz CT molecular complexity index is 628. The molecule has 2 aromatic rings. The van der Waals surface area contributed by atoms with Crippen LogP contribution in [0.4, 0.5) is 0 Å². The lowest BCUT2D eigenvalue weighted by molar-refractivity contribution is 0.115. The van der Waals surface area contributed by atoms with Gasteiger partial charge in [-0.15, -0.1) is 0 Å². The highest BCUT2D eigenvalue weighted by Crippen LogP contribution is 2.27. The standard InChI is InChI=1S/C17H22ClN3/c1-12-6-7-21(15(8-12)10-19)11-14-9-13-4-2-3-5-16(13)20-17(14)18/h2-5,9,12,15H,6-8,10-11,19H2,1H3. The van der Waals surface area contributed by atoms with Crippen molar-refractivity contribution >= 4 is 22.5 Å². The molecule has 2 heterocycles. The van der Waals surface area contributed by atoms with Gasteiger partial charge in [0.05, 0.1) is 5.52 Å². The molecule has 2 unspecified atom stereocenters. The van der Waals surface area contributed by atoms with Gasteiger partial charge in [-0.1, -0.05) is 36.7 Å². The van der Waals surface area contributed by atoms with Crippen LogP contribution in [0.3, 0.4) is 0 Å². The summed E-state index contributed by atoms with van der Waals surface area (Å²) < 4.78 is 0. The van der Waals surface area contributed by atoms with Crippen LogP contribution in [0.1, 0.15) is 25.3 Å². The third kappa shape index (κ3) is 3.20. The fourth-order valence-electron chi connectivity index (χ4n) is 3.22. The Morgan fingerprint density at radius 3 is 3.00 bits per heavy atom. The second-order valence-electron chi connectivity index (χ2n) is 6.12. The third-order valence-electron chi connectivity index (χ3n) is 4.50. The molecule has 3 rings (SSSR count). The van der Waals surface area contributed by atoms with Crippen molar-refractivity contribution in [3.63, 3.8) is 0 Å². The number of hydrogen-bond acceptors (Lipinski definition) is 3. The second-order valence-corrected chi connectivity index (χ2v) is 6.48. The van der Waals surface area contributed by atoms with Gasteiger partial charge in [0.1, 0.15) is 5.15 Å². The van der Waals surface area contributed by atoms with Gasteiger partial charge >= 0.3 is 0 Å². The minimum atomic E-state index is 0.455. The van der Waals surface area contributed by atoms with Crippen molar-refractivity contribution in [2.45, 2.75) is 32.4 Å². The summed E-state index contributed by atoms with van der Waals surface area (Å²) in [5.41, 5.74) is 8.00. The third-order valence-corrected chi connectivity index (χ3v) is 4.82. The van der Waals surface area contributed by atoms with E-state index in [1.807, 2.05) is 18.2 Å². The Hall–Kier alpha value is -1.16. The Morgan fingerprint density at radius 1 is 1.38 bits per heavy atom. The van der Waals surface area contributed by atoms with Crippen molar-refractivity contribution in [1.82, 2.24) is 9.88 Å². The van der Waals surface area contributed by atoms with Crippen LogP contribution in [-0.2, 0) is 6.54 Å². The van der Waals surface area contributed by atoms with Crippen LogP contribution >= 0.6 is 11.6 Å². The topological polar surface area (TPSA) is 42.2 Å². The second kappa shape index (κ2) is 6.30. The van der Waals surface area contributed by atoms with Gasteiger partial charge in [0.25, 0.3) is 0 Å². The van der Waals surface area contributed by atoms with E-state index in [2.05, 4.69) is 28.9 Å². The van der Waals surface area contributed by atoms with Crippen LogP contribution in [-0.4, -0.2) is 29.0 Å². The zero-order valence-corrected chi connectivity index (χ0v) is 13.2. The number of fused-ring (bicyclic) bond motifs is 1. The lowest BCUT2D eigenvalue weighted by Gasteiger charge is -2.38. The van der Waals surface area contributed by atoms with E-state index in [0.717, 1.165) is 35.5 Å². The van der Waals surface area contributed by atoms with Crippen LogP contribution in [0.5, 0.6) is 0 Å². The Kier molecular flexibility index (Phi) is 4.43. The largest absolute Gasteiger partial charge is 0.329 e. The molecular formula is C17H22ClN3. The molecule has 4 heteroatoms. The number of rotatable bonds is 3. The van der Waals surface area contributed by atoms with E-state index in [4.69, 9.17) is 17.3 Å². The first-order valence-corrected chi connectivity index (χ1v) is 8.03. The SMILES string of the molecule is CC1CCN(Cc2cc3ccccc3nc2Cl)C(CN)C1. The lowest BCUT2D eigenvalue weighted by atomic mass is 9.92. The number of nitrogens with zero attached hydrogens (tertiary/aromatic N) is 2. The average molecular weight is 304 g/mol. The molecule has 1 aliphatic rings. The zero-order chi connectivity index (χ0) is 14.8. The first-order chi connectivity index (χ1) is 10.2. The van der Waals surface area contributed by atoms with Crippen molar-refractivity contribution in [1.29, 1.82) is 0 Å². The number of likely N-dealkylation sites (tertiary alicyclic amines) is 1. The normalized spacial score (nSPS) is 23.6. The van der Waals surface area contributed by atoms with Crippen LogP contribution in [0, 0.1) is 5.92 Å². The van der Waals surface area contributed by atoms with Crippen LogP contribution in [0.2, 0.25) is 5.15 Å². The maximum Gasteiger partial charge on any atom is 0.134 e. The van der Waals surface area contributed by atoms with Gasteiger partial charge in [0.15, 0.2) is 0 Å². The number of pyridine rings is 1. The Balaban J connectivity index is 1.85. The van der Waals surface area contributed by atoms with Gasteiger partial charge in [-0.2, -0.15) is 0 Å². The highest BCUT2D eigenvalue weighted by Gasteiger charge is 2.25. The van der Waals surface area contributed by atoms with Crippen LogP contribution in [0.15, 0.2) is 30.3 Å². The highest BCUT2D eigenvalue weighted by atomic mass is 35.5. The van der Waals surface area contributed by atoms with Gasteiger partial charge in [0, 0.05) is 30.1 Å². The molecular weight excluding hydrogens is 282 g/mol. The number of nitrogens with two attached hydrogens (primary N) is 1. The predicted octanol–water partition coefficient (Wildman–Crippen LogP) is 3.45.